The number of nitrogens with one attached hydrogen (secondary N) is 1. The molecular formula is C9H18N6O. The molecule has 0 aliphatic rings. The fourth-order valence-electron chi connectivity index (χ4n) is 1.28. The highest BCUT2D eigenvalue weighted by Crippen LogP contribution is 2.14. The second-order valence-electron chi connectivity index (χ2n) is 3.38. The molecule has 0 aromatic carbocycles. The molecule has 0 radical (unpaired) electrons. The van der Waals surface area contributed by atoms with Crippen LogP contribution in [0.5, 0.6) is 0 Å². The van der Waals surface area contributed by atoms with Gasteiger partial charge >= 0.3 is 0 Å². The number of hydrogen-bond acceptors (Lipinski definition) is 7. The third kappa shape index (κ3) is 3.52. The number of methoxy groups -OCH3 is 1. The SMILES string of the molecule is COCCCN(C)c1cc(NN)nc(N)n1. The van der Waals surface area contributed by atoms with Crippen molar-refractivity contribution in [1.82, 2.24) is 9.97 Å². The predicted molar refractivity (Wildman–Crippen MR) is 64.0 cm³/mol. The number of hydrogen-bond donors (Lipinski definition) is 3. The lowest BCUT2D eigenvalue weighted by Crippen LogP contribution is -2.22. The summed E-state index contributed by atoms with van der Waals surface area (Å²) in [6.07, 6.45) is 0.919. The van der Waals surface area contributed by atoms with Crippen molar-refractivity contribution in [2.75, 3.05) is 43.4 Å². The van der Waals surface area contributed by atoms with Crippen molar-refractivity contribution in [2.24, 2.45) is 5.84 Å². The van der Waals surface area contributed by atoms with E-state index in [-0.39, 0.29) is 5.95 Å². The van der Waals surface area contributed by atoms with Gasteiger partial charge in [-0.1, -0.05) is 0 Å². The first-order valence-electron chi connectivity index (χ1n) is 4.98. The van der Waals surface area contributed by atoms with Gasteiger partial charge in [0.1, 0.15) is 11.6 Å². The van der Waals surface area contributed by atoms with Crippen molar-refractivity contribution >= 4 is 17.6 Å². The van der Waals surface area contributed by atoms with Gasteiger partial charge in [-0.25, -0.2) is 5.84 Å². The Kier molecular flexibility index (Phi) is 4.74. The summed E-state index contributed by atoms with van der Waals surface area (Å²) in [7, 11) is 3.61. The van der Waals surface area contributed by atoms with Gasteiger partial charge < -0.3 is 20.8 Å². The first-order valence-corrected chi connectivity index (χ1v) is 4.98. The lowest BCUT2D eigenvalue weighted by molar-refractivity contribution is 0.196. The fraction of sp³-hybridized carbons (Fsp3) is 0.556. The molecule has 1 aromatic heterocycles. The van der Waals surface area contributed by atoms with Gasteiger partial charge in [-0.2, -0.15) is 9.97 Å². The molecule has 0 spiro atoms. The molecule has 0 unspecified atom stereocenters. The van der Waals surface area contributed by atoms with Crippen LogP contribution in [0.3, 0.4) is 0 Å². The quantitative estimate of drug-likeness (QED) is 0.351. The van der Waals surface area contributed by atoms with Crippen LogP contribution in [0.15, 0.2) is 6.07 Å². The summed E-state index contributed by atoms with van der Waals surface area (Å²) in [5, 5.41) is 0. The summed E-state index contributed by atoms with van der Waals surface area (Å²) in [5.74, 6) is 6.71. The highest BCUT2D eigenvalue weighted by molar-refractivity contribution is 5.51. The molecule has 0 aliphatic heterocycles. The van der Waals surface area contributed by atoms with Crippen molar-refractivity contribution in [3.63, 3.8) is 0 Å². The maximum atomic E-state index is 5.56. The highest BCUT2D eigenvalue weighted by atomic mass is 16.5. The van der Waals surface area contributed by atoms with E-state index in [2.05, 4.69) is 15.4 Å². The van der Waals surface area contributed by atoms with E-state index in [0.29, 0.717) is 12.4 Å². The summed E-state index contributed by atoms with van der Waals surface area (Å²) in [6, 6.07) is 1.74. The molecule has 0 saturated carbocycles. The first kappa shape index (κ1) is 12.5. The van der Waals surface area contributed by atoms with Crippen molar-refractivity contribution in [3.8, 4) is 0 Å². The normalized spacial score (nSPS) is 10.2. The van der Waals surface area contributed by atoms with E-state index in [1.807, 2.05) is 11.9 Å². The Hall–Kier alpha value is -1.60. The van der Waals surface area contributed by atoms with Crippen LogP contribution in [0.1, 0.15) is 6.42 Å². The Morgan fingerprint density at radius 2 is 2.25 bits per heavy atom. The van der Waals surface area contributed by atoms with Crippen LogP contribution in [0, 0.1) is 0 Å². The lowest BCUT2D eigenvalue weighted by atomic mass is 10.4. The molecule has 1 aromatic rings. The molecule has 1 rings (SSSR count). The summed E-state index contributed by atoms with van der Waals surface area (Å²) < 4.78 is 4.98. The second-order valence-corrected chi connectivity index (χ2v) is 3.38. The third-order valence-electron chi connectivity index (χ3n) is 2.11. The van der Waals surface area contributed by atoms with E-state index in [1.54, 1.807) is 13.2 Å². The van der Waals surface area contributed by atoms with E-state index < -0.39 is 0 Å². The standard InChI is InChI=1S/C9H18N6O/c1-15(4-3-5-16-2)8-6-7(14-11)12-9(10)13-8/h6H,3-5,11H2,1-2H3,(H3,10,12,13,14). The topological polar surface area (TPSA) is 102 Å². The zero-order valence-corrected chi connectivity index (χ0v) is 9.60. The molecule has 7 heteroatoms. The Morgan fingerprint density at radius 3 is 2.88 bits per heavy atom. The van der Waals surface area contributed by atoms with E-state index in [9.17, 15) is 0 Å². The van der Waals surface area contributed by atoms with Gasteiger partial charge in [0, 0.05) is 33.4 Å². The molecule has 5 N–H and O–H groups in total. The average Bonchev–Trinajstić information content (AvgIpc) is 2.28. The van der Waals surface area contributed by atoms with Gasteiger partial charge in [0.15, 0.2) is 0 Å². The molecule has 0 atom stereocenters. The molecule has 0 saturated heterocycles. The van der Waals surface area contributed by atoms with Crippen LogP contribution in [-0.2, 0) is 4.74 Å². The summed E-state index contributed by atoms with van der Waals surface area (Å²) in [5.41, 5.74) is 8.01. The van der Waals surface area contributed by atoms with Crippen LogP contribution in [0.25, 0.3) is 0 Å². The molecule has 0 fully saturated rings. The number of hydrazine groups is 1. The summed E-state index contributed by atoms with van der Waals surface area (Å²) in [4.78, 5) is 10.00. The molecule has 0 bridgehead atoms. The van der Waals surface area contributed by atoms with Crippen molar-refractivity contribution in [3.05, 3.63) is 6.07 Å². The Morgan fingerprint density at radius 1 is 1.50 bits per heavy atom. The molecule has 1 heterocycles. The number of nitrogens with zero attached hydrogens (tertiary/aromatic N) is 3. The lowest BCUT2D eigenvalue weighted by Gasteiger charge is -2.18. The number of aromatic nitrogens is 2. The molecule has 16 heavy (non-hydrogen) atoms. The van der Waals surface area contributed by atoms with Gasteiger partial charge in [-0.05, 0) is 6.42 Å². The number of nitrogen functional groups attached to an aromatic ring is 2. The van der Waals surface area contributed by atoms with Gasteiger partial charge in [-0.15, -0.1) is 0 Å². The van der Waals surface area contributed by atoms with Crippen LogP contribution < -0.4 is 21.9 Å². The molecule has 90 valence electrons. The number of rotatable bonds is 6. The largest absolute Gasteiger partial charge is 0.385 e. The van der Waals surface area contributed by atoms with Crippen LogP contribution >= 0.6 is 0 Å². The predicted octanol–water partition coefficient (Wildman–Crippen LogP) is -0.183. The van der Waals surface area contributed by atoms with Crippen LogP contribution in [-0.4, -0.2) is 37.3 Å². The molecule has 7 nitrogen and oxygen atoms in total. The molecule has 0 aliphatic carbocycles. The van der Waals surface area contributed by atoms with Gasteiger partial charge in [0.2, 0.25) is 5.95 Å². The number of nitrogens with two attached hydrogens (primary N) is 2. The monoisotopic (exact) mass is 226 g/mol. The smallest absolute Gasteiger partial charge is 0.223 e. The minimum absolute atomic E-state index is 0.198. The Balaban J connectivity index is 2.66. The number of ether oxygens (including phenoxy) is 1. The van der Waals surface area contributed by atoms with Crippen LogP contribution in [0.2, 0.25) is 0 Å². The summed E-state index contributed by atoms with van der Waals surface area (Å²) in [6.45, 7) is 1.54. The van der Waals surface area contributed by atoms with E-state index in [1.165, 1.54) is 0 Å². The first-order chi connectivity index (χ1) is 7.67. The van der Waals surface area contributed by atoms with Crippen molar-refractivity contribution < 1.29 is 4.74 Å². The zero-order chi connectivity index (χ0) is 12.0. The minimum Gasteiger partial charge on any atom is -0.385 e. The van der Waals surface area contributed by atoms with Crippen molar-refractivity contribution in [2.45, 2.75) is 6.42 Å². The van der Waals surface area contributed by atoms with Gasteiger partial charge in [0.25, 0.3) is 0 Å². The second kappa shape index (κ2) is 6.09. The number of anilines is 3. The fourth-order valence-corrected chi connectivity index (χ4v) is 1.28. The van der Waals surface area contributed by atoms with Crippen LogP contribution in [0.4, 0.5) is 17.6 Å². The third-order valence-corrected chi connectivity index (χ3v) is 2.11. The summed E-state index contributed by atoms with van der Waals surface area (Å²) >= 11 is 0. The van der Waals surface area contributed by atoms with E-state index in [0.717, 1.165) is 18.8 Å². The highest BCUT2D eigenvalue weighted by Gasteiger charge is 2.05. The van der Waals surface area contributed by atoms with Gasteiger partial charge in [0.05, 0.1) is 0 Å². The minimum atomic E-state index is 0.198. The Bertz CT molecular complexity index is 332. The zero-order valence-electron chi connectivity index (χ0n) is 9.60. The van der Waals surface area contributed by atoms with E-state index in [4.69, 9.17) is 16.3 Å². The van der Waals surface area contributed by atoms with E-state index >= 15 is 0 Å². The Labute approximate surface area is 94.8 Å². The molecular weight excluding hydrogens is 208 g/mol. The molecule has 0 amide bonds. The van der Waals surface area contributed by atoms with Crippen molar-refractivity contribution in [1.29, 1.82) is 0 Å². The maximum Gasteiger partial charge on any atom is 0.223 e. The maximum absolute atomic E-state index is 5.56. The van der Waals surface area contributed by atoms with Gasteiger partial charge in [-0.3, -0.25) is 0 Å². The average molecular weight is 226 g/mol.